The number of amides is 3. The zero-order valence-corrected chi connectivity index (χ0v) is 20.5. The highest BCUT2D eigenvalue weighted by Gasteiger charge is 2.67. The quantitative estimate of drug-likeness (QED) is 0.319. The number of esters is 1. The first-order chi connectivity index (χ1) is 17.2. The molecule has 0 bridgehead atoms. The number of methoxy groups -OCH3 is 1. The molecule has 2 aliphatic rings. The summed E-state index contributed by atoms with van der Waals surface area (Å²) < 4.78 is 49.9. The first-order valence-corrected chi connectivity index (χ1v) is 11.2. The molecule has 2 saturated heterocycles. The molecule has 0 aromatic heterocycles. The van der Waals surface area contributed by atoms with Gasteiger partial charge in [-0.2, -0.15) is 13.2 Å². The minimum absolute atomic E-state index is 0.111. The lowest BCUT2D eigenvalue weighted by atomic mass is 9.78. The number of nitrogens with one attached hydrogen (secondary N) is 1. The maximum Gasteiger partial charge on any atom is 0.490 e. The number of nitrogens with zero attached hydrogens (tertiary/aromatic N) is 2. The predicted octanol–water partition coefficient (Wildman–Crippen LogP) is 1.45. The van der Waals surface area contributed by atoms with Crippen LogP contribution < -0.4 is 5.32 Å². The summed E-state index contributed by atoms with van der Waals surface area (Å²) in [7, 11) is 2.64. The maximum absolute atomic E-state index is 13.2. The first kappa shape index (κ1) is 29.7. The SMILES string of the molecule is CCN(C[C@H]1N[C@@](CC)(C(=O)OC)[C@H]2C(=O)N(C)C(=O)[C@@H]12)C(=O)c1ccc(F)cc1.O=C(O)C(F)(F)F. The molecule has 0 saturated carbocycles. The Morgan fingerprint density at radius 1 is 1.14 bits per heavy atom. The van der Waals surface area contributed by atoms with Gasteiger partial charge in [0.15, 0.2) is 0 Å². The molecular formula is C23H27F4N3O7. The van der Waals surface area contributed by atoms with Gasteiger partial charge in [0.2, 0.25) is 11.8 Å². The monoisotopic (exact) mass is 533 g/mol. The van der Waals surface area contributed by atoms with Gasteiger partial charge in [-0.1, -0.05) is 6.92 Å². The van der Waals surface area contributed by atoms with Gasteiger partial charge in [0.05, 0.1) is 18.9 Å². The Morgan fingerprint density at radius 2 is 1.68 bits per heavy atom. The van der Waals surface area contributed by atoms with Crippen molar-refractivity contribution in [3.8, 4) is 0 Å². The summed E-state index contributed by atoms with van der Waals surface area (Å²) in [5, 5.41) is 10.3. The number of likely N-dealkylation sites (tertiary alicyclic amines) is 1. The molecule has 0 radical (unpaired) electrons. The van der Waals surface area contributed by atoms with E-state index in [0.717, 1.165) is 4.90 Å². The van der Waals surface area contributed by atoms with Gasteiger partial charge in [-0.25, -0.2) is 9.18 Å². The van der Waals surface area contributed by atoms with Crippen LogP contribution in [0.3, 0.4) is 0 Å². The minimum Gasteiger partial charge on any atom is -0.475 e. The topological polar surface area (TPSA) is 133 Å². The number of carboxylic acids is 1. The summed E-state index contributed by atoms with van der Waals surface area (Å²) in [6.07, 6.45) is -4.83. The number of carbonyl (C=O) groups is 5. The standard InChI is InChI=1S/C21H26FN3O5.C2HF3O2/c1-5-21(20(29)30-4)16-15(18(27)24(3)19(16)28)14(23-21)11-25(6-2)17(26)12-7-9-13(22)10-8-12;3-2(4,5)1(6)7/h7-10,14-16,23H,5-6,11H2,1-4H3;(H,6,7)/t14-,15+,16-,21-;/m1./s1. The lowest BCUT2D eigenvalue weighted by Crippen LogP contribution is -2.58. The van der Waals surface area contributed by atoms with Crippen LogP contribution in [0.4, 0.5) is 17.6 Å². The van der Waals surface area contributed by atoms with Gasteiger partial charge in [-0.3, -0.25) is 29.4 Å². The van der Waals surface area contributed by atoms with Gasteiger partial charge < -0.3 is 14.7 Å². The number of fused-ring (bicyclic) bond motifs is 1. The molecule has 14 heteroatoms. The third-order valence-corrected chi connectivity index (χ3v) is 6.51. The number of likely N-dealkylation sites (N-methyl/N-ethyl adjacent to an activating group) is 1. The zero-order valence-electron chi connectivity index (χ0n) is 20.5. The minimum atomic E-state index is -5.08. The van der Waals surface area contributed by atoms with E-state index in [2.05, 4.69) is 5.32 Å². The summed E-state index contributed by atoms with van der Waals surface area (Å²) in [6, 6.07) is 4.60. The highest BCUT2D eigenvalue weighted by atomic mass is 19.4. The number of benzene rings is 1. The fraction of sp³-hybridized carbons (Fsp3) is 0.522. The number of imide groups is 1. The Balaban J connectivity index is 0.000000604. The molecule has 3 rings (SSSR count). The van der Waals surface area contributed by atoms with Gasteiger partial charge in [0.25, 0.3) is 5.91 Å². The summed E-state index contributed by atoms with van der Waals surface area (Å²) in [4.78, 5) is 62.7. The number of ether oxygens (including phenoxy) is 1. The molecule has 0 spiro atoms. The van der Waals surface area contributed by atoms with Gasteiger partial charge >= 0.3 is 18.1 Å². The fourth-order valence-corrected chi connectivity index (χ4v) is 4.63. The normalized spacial score (nSPS) is 24.8. The molecule has 2 N–H and O–H groups in total. The van der Waals surface area contributed by atoms with Gasteiger partial charge in [-0.05, 0) is 37.6 Å². The number of aliphatic carboxylic acids is 1. The summed E-state index contributed by atoms with van der Waals surface area (Å²) in [6.45, 7) is 3.98. The fourth-order valence-electron chi connectivity index (χ4n) is 4.63. The summed E-state index contributed by atoms with van der Waals surface area (Å²) >= 11 is 0. The van der Waals surface area contributed by atoms with Crippen molar-refractivity contribution in [3.05, 3.63) is 35.6 Å². The number of carbonyl (C=O) groups excluding carboxylic acids is 4. The van der Waals surface area contributed by atoms with Crippen LogP contribution in [-0.4, -0.2) is 89.6 Å². The molecule has 2 fully saturated rings. The van der Waals surface area contributed by atoms with E-state index in [0.29, 0.717) is 12.1 Å². The lowest BCUT2D eigenvalue weighted by Gasteiger charge is -2.32. The van der Waals surface area contributed by atoms with Crippen LogP contribution >= 0.6 is 0 Å². The van der Waals surface area contributed by atoms with Crippen molar-refractivity contribution in [3.63, 3.8) is 0 Å². The highest BCUT2D eigenvalue weighted by molar-refractivity contribution is 6.09. The number of carboxylic acid groups (broad SMARTS) is 1. The molecule has 0 unspecified atom stereocenters. The van der Waals surface area contributed by atoms with Crippen molar-refractivity contribution in [1.82, 2.24) is 15.1 Å². The van der Waals surface area contributed by atoms with E-state index in [1.165, 1.54) is 43.3 Å². The molecule has 2 aliphatic heterocycles. The summed E-state index contributed by atoms with van der Waals surface area (Å²) in [5.74, 6) is -6.62. The number of rotatable bonds is 6. The molecule has 1 aromatic rings. The molecule has 0 aliphatic carbocycles. The third-order valence-electron chi connectivity index (χ3n) is 6.51. The summed E-state index contributed by atoms with van der Waals surface area (Å²) in [5.41, 5.74) is -1.02. The third kappa shape index (κ3) is 5.73. The van der Waals surface area contributed by atoms with Crippen LogP contribution in [0.2, 0.25) is 0 Å². The van der Waals surface area contributed by atoms with Crippen molar-refractivity contribution in [2.24, 2.45) is 11.8 Å². The molecule has 1 aromatic carbocycles. The molecule has 37 heavy (non-hydrogen) atoms. The van der Waals surface area contributed by atoms with Crippen LogP contribution in [0.5, 0.6) is 0 Å². The predicted molar refractivity (Wildman–Crippen MR) is 118 cm³/mol. The number of alkyl halides is 3. The molecular weight excluding hydrogens is 506 g/mol. The highest BCUT2D eigenvalue weighted by Crippen LogP contribution is 2.44. The lowest BCUT2D eigenvalue weighted by molar-refractivity contribution is -0.192. The maximum atomic E-state index is 13.2. The van der Waals surface area contributed by atoms with Crippen LogP contribution in [0.1, 0.15) is 30.6 Å². The van der Waals surface area contributed by atoms with Crippen molar-refractivity contribution < 1.29 is 51.4 Å². The van der Waals surface area contributed by atoms with Crippen molar-refractivity contribution in [2.45, 2.75) is 38.0 Å². The molecule has 3 amide bonds. The van der Waals surface area contributed by atoms with Crippen LogP contribution in [-0.2, 0) is 23.9 Å². The van der Waals surface area contributed by atoms with E-state index >= 15 is 0 Å². The first-order valence-electron chi connectivity index (χ1n) is 11.2. The Morgan fingerprint density at radius 3 is 2.11 bits per heavy atom. The second-order valence-electron chi connectivity index (χ2n) is 8.46. The average molecular weight is 533 g/mol. The van der Waals surface area contributed by atoms with Gasteiger partial charge in [-0.15, -0.1) is 0 Å². The van der Waals surface area contributed by atoms with E-state index in [1.54, 1.807) is 13.8 Å². The van der Waals surface area contributed by atoms with Crippen molar-refractivity contribution in [1.29, 1.82) is 0 Å². The smallest absolute Gasteiger partial charge is 0.475 e. The van der Waals surface area contributed by atoms with Crippen molar-refractivity contribution in [2.75, 3.05) is 27.2 Å². The molecule has 10 nitrogen and oxygen atoms in total. The van der Waals surface area contributed by atoms with E-state index in [4.69, 9.17) is 14.6 Å². The molecule has 4 atom stereocenters. The second kappa shape index (κ2) is 11.2. The Hall–Kier alpha value is -3.55. The van der Waals surface area contributed by atoms with E-state index < -0.39 is 53.3 Å². The van der Waals surface area contributed by atoms with Crippen LogP contribution in [0.15, 0.2) is 24.3 Å². The van der Waals surface area contributed by atoms with Crippen LogP contribution in [0.25, 0.3) is 0 Å². The average Bonchev–Trinajstić information content (AvgIpc) is 3.30. The van der Waals surface area contributed by atoms with Gasteiger partial charge in [0, 0.05) is 31.7 Å². The number of hydrogen-bond donors (Lipinski definition) is 2. The largest absolute Gasteiger partial charge is 0.490 e. The van der Waals surface area contributed by atoms with Crippen molar-refractivity contribution >= 4 is 29.7 Å². The zero-order chi connectivity index (χ0) is 28.3. The Bertz CT molecular complexity index is 1060. The van der Waals surface area contributed by atoms with Gasteiger partial charge in [0.1, 0.15) is 11.4 Å². The Kier molecular flexibility index (Phi) is 9.01. The number of halogens is 4. The molecule has 204 valence electrons. The van der Waals surface area contributed by atoms with Crippen LogP contribution in [0, 0.1) is 17.7 Å². The Labute approximate surface area is 209 Å². The van der Waals surface area contributed by atoms with E-state index in [-0.39, 0.29) is 24.8 Å². The second-order valence-corrected chi connectivity index (χ2v) is 8.46. The van der Waals surface area contributed by atoms with E-state index in [9.17, 15) is 36.7 Å². The molecule has 2 heterocycles. The van der Waals surface area contributed by atoms with E-state index in [1.807, 2.05) is 0 Å². The number of hydrogen-bond acceptors (Lipinski definition) is 7.